The van der Waals surface area contributed by atoms with E-state index in [9.17, 15) is 0 Å². The Morgan fingerprint density at radius 2 is 1.55 bits per heavy atom. The Hall–Kier alpha value is -2.62. The average molecular weight is 288 g/mol. The lowest BCUT2D eigenvalue weighted by Crippen LogP contribution is -1.99. The lowest BCUT2D eigenvalue weighted by atomic mass is 9.97. The van der Waals surface area contributed by atoms with Gasteiger partial charge in [0.1, 0.15) is 6.01 Å². The Balaban J connectivity index is 2.18. The molecule has 0 aliphatic heterocycles. The number of hydrogen-bond acceptors (Lipinski definition) is 2. The second-order valence-corrected chi connectivity index (χ2v) is 6.02. The number of para-hydroxylation sites is 2. The SMILES string of the molecule is CC(C)(C)C#CCc1ccccc1N=C=Nc1ccccc1. The summed E-state index contributed by atoms with van der Waals surface area (Å²) in [7, 11) is 0. The molecule has 0 saturated carbocycles. The van der Waals surface area contributed by atoms with Crippen molar-refractivity contribution in [2.45, 2.75) is 27.2 Å². The molecule has 2 heteroatoms. The maximum absolute atomic E-state index is 4.33. The third-order valence-corrected chi connectivity index (χ3v) is 2.84. The first-order valence-corrected chi connectivity index (χ1v) is 7.34. The molecule has 2 aromatic carbocycles. The van der Waals surface area contributed by atoms with Gasteiger partial charge in [-0.25, -0.2) is 0 Å². The summed E-state index contributed by atoms with van der Waals surface area (Å²) in [5.41, 5.74) is 2.82. The highest BCUT2D eigenvalue weighted by atomic mass is 14.8. The maximum Gasteiger partial charge on any atom is 0.100 e. The van der Waals surface area contributed by atoms with E-state index in [1.54, 1.807) is 0 Å². The molecule has 0 aliphatic carbocycles. The average Bonchev–Trinajstić information content (AvgIpc) is 2.49. The van der Waals surface area contributed by atoms with Gasteiger partial charge in [0.25, 0.3) is 0 Å². The van der Waals surface area contributed by atoms with Crippen molar-refractivity contribution in [2.75, 3.05) is 0 Å². The van der Waals surface area contributed by atoms with E-state index >= 15 is 0 Å². The first-order chi connectivity index (χ1) is 10.5. The molecular formula is C20H20N2. The van der Waals surface area contributed by atoms with E-state index in [0.29, 0.717) is 6.42 Å². The summed E-state index contributed by atoms with van der Waals surface area (Å²) in [5.74, 6) is 6.47. The van der Waals surface area contributed by atoms with Crippen LogP contribution in [0, 0.1) is 17.3 Å². The Labute approximate surface area is 132 Å². The Morgan fingerprint density at radius 3 is 2.27 bits per heavy atom. The first kappa shape index (κ1) is 15.8. The molecule has 0 saturated heterocycles. The lowest BCUT2D eigenvalue weighted by Gasteiger charge is -2.07. The molecule has 2 nitrogen and oxygen atoms in total. The van der Waals surface area contributed by atoms with Gasteiger partial charge in [-0.05, 0) is 44.5 Å². The van der Waals surface area contributed by atoms with Gasteiger partial charge in [0, 0.05) is 11.8 Å². The Bertz CT molecular complexity index is 735. The van der Waals surface area contributed by atoms with E-state index in [2.05, 4.69) is 48.6 Å². The standard InChI is InChI=1S/C20H20N2/c1-20(2,3)15-9-11-17-10-7-8-14-19(17)22-16-21-18-12-5-4-6-13-18/h4-8,10,12-14H,11H2,1-3H3. The highest BCUT2D eigenvalue weighted by Gasteiger charge is 2.03. The molecule has 110 valence electrons. The summed E-state index contributed by atoms with van der Waals surface area (Å²) in [6, 6.07) is 20.4. The first-order valence-electron chi connectivity index (χ1n) is 7.34. The van der Waals surface area contributed by atoms with Crippen molar-refractivity contribution >= 4 is 17.4 Å². The molecule has 0 unspecified atom stereocenters. The molecule has 2 rings (SSSR count). The number of benzene rings is 2. The van der Waals surface area contributed by atoms with Crippen LogP contribution in [0.2, 0.25) is 0 Å². The van der Waals surface area contributed by atoms with Gasteiger partial charge in [0.15, 0.2) is 0 Å². The quantitative estimate of drug-likeness (QED) is 0.532. The van der Waals surface area contributed by atoms with Gasteiger partial charge in [-0.3, -0.25) is 0 Å². The van der Waals surface area contributed by atoms with E-state index in [-0.39, 0.29) is 5.41 Å². The van der Waals surface area contributed by atoms with E-state index < -0.39 is 0 Å². The molecule has 0 fully saturated rings. The minimum Gasteiger partial charge on any atom is -0.188 e. The fraction of sp³-hybridized carbons (Fsp3) is 0.250. The summed E-state index contributed by atoms with van der Waals surface area (Å²) >= 11 is 0. The fourth-order valence-electron chi connectivity index (χ4n) is 1.81. The lowest BCUT2D eigenvalue weighted by molar-refractivity contribution is 0.570. The predicted molar refractivity (Wildman–Crippen MR) is 93.0 cm³/mol. The van der Waals surface area contributed by atoms with E-state index in [1.165, 1.54) is 0 Å². The van der Waals surface area contributed by atoms with E-state index in [4.69, 9.17) is 0 Å². The zero-order valence-corrected chi connectivity index (χ0v) is 13.3. The topological polar surface area (TPSA) is 24.7 Å². The van der Waals surface area contributed by atoms with Crippen LogP contribution < -0.4 is 0 Å². The summed E-state index contributed by atoms with van der Waals surface area (Å²) in [6.07, 6.45) is 0.684. The Kier molecular flexibility index (Phi) is 5.31. The molecule has 0 N–H and O–H groups in total. The van der Waals surface area contributed by atoms with Crippen LogP contribution >= 0.6 is 0 Å². The highest BCUT2D eigenvalue weighted by molar-refractivity contribution is 5.60. The maximum atomic E-state index is 4.33. The smallest absolute Gasteiger partial charge is 0.100 e. The van der Waals surface area contributed by atoms with Crippen molar-refractivity contribution in [3.8, 4) is 11.8 Å². The van der Waals surface area contributed by atoms with Gasteiger partial charge < -0.3 is 0 Å². The summed E-state index contributed by atoms with van der Waals surface area (Å²) in [5, 5.41) is 0. The van der Waals surface area contributed by atoms with Gasteiger partial charge in [0.2, 0.25) is 0 Å². The summed E-state index contributed by atoms with van der Waals surface area (Å²) in [6.45, 7) is 6.32. The van der Waals surface area contributed by atoms with Gasteiger partial charge in [-0.15, -0.1) is 0 Å². The van der Waals surface area contributed by atoms with Crippen LogP contribution in [-0.4, -0.2) is 6.01 Å². The predicted octanol–water partition coefficient (Wildman–Crippen LogP) is 5.42. The van der Waals surface area contributed by atoms with Crippen molar-refractivity contribution in [1.82, 2.24) is 0 Å². The highest BCUT2D eigenvalue weighted by Crippen LogP contribution is 2.19. The zero-order valence-electron chi connectivity index (χ0n) is 13.3. The van der Waals surface area contributed by atoms with Gasteiger partial charge >= 0.3 is 0 Å². The normalized spacial score (nSPS) is 10.1. The largest absolute Gasteiger partial charge is 0.188 e. The molecule has 0 aromatic heterocycles. The third-order valence-electron chi connectivity index (χ3n) is 2.84. The monoisotopic (exact) mass is 288 g/mol. The van der Waals surface area contributed by atoms with Crippen LogP contribution in [0.25, 0.3) is 0 Å². The van der Waals surface area contributed by atoms with Crippen LogP contribution in [0.15, 0.2) is 64.6 Å². The number of hydrogen-bond donors (Lipinski definition) is 0. The van der Waals surface area contributed by atoms with E-state index in [0.717, 1.165) is 16.9 Å². The molecule has 0 aliphatic rings. The van der Waals surface area contributed by atoms with Crippen molar-refractivity contribution < 1.29 is 0 Å². The minimum absolute atomic E-state index is 0.0208. The van der Waals surface area contributed by atoms with Gasteiger partial charge in [-0.2, -0.15) is 9.98 Å². The number of nitrogens with zero attached hydrogens (tertiary/aromatic N) is 2. The van der Waals surface area contributed by atoms with Gasteiger partial charge in [0.05, 0.1) is 11.4 Å². The van der Waals surface area contributed by atoms with Gasteiger partial charge in [-0.1, -0.05) is 48.2 Å². The molecule has 2 aromatic rings. The third kappa shape index (κ3) is 5.40. The van der Waals surface area contributed by atoms with Crippen LogP contribution in [-0.2, 0) is 6.42 Å². The van der Waals surface area contributed by atoms with Crippen LogP contribution in [0.3, 0.4) is 0 Å². The molecule has 0 spiro atoms. The second-order valence-electron chi connectivity index (χ2n) is 6.02. The zero-order chi connectivity index (χ0) is 15.8. The number of rotatable bonds is 3. The molecule has 22 heavy (non-hydrogen) atoms. The van der Waals surface area contributed by atoms with Crippen LogP contribution in [0.1, 0.15) is 26.3 Å². The molecule has 0 bridgehead atoms. The van der Waals surface area contributed by atoms with Crippen molar-refractivity contribution in [1.29, 1.82) is 0 Å². The molecule has 0 atom stereocenters. The summed E-state index contributed by atoms with van der Waals surface area (Å²) < 4.78 is 0. The van der Waals surface area contributed by atoms with Crippen LogP contribution in [0.5, 0.6) is 0 Å². The summed E-state index contributed by atoms with van der Waals surface area (Å²) in [4.78, 5) is 8.54. The van der Waals surface area contributed by atoms with Crippen molar-refractivity contribution in [3.05, 3.63) is 60.2 Å². The van der Waals surface area contributed by atoms with Crippen molar-refractivity contribution in [2.24, 2.45) is 15.4 Å². The van der Waals surface area contributed by atoms with Crippen LogP contribution in [0.4, 0.5) is 11.4 Å². The van der Waals surface area contributed by atoms with E-state index in [1.807, 2.05) is 54.6 Å². The second kappa shape index (κ2) is 7.41. The molecule has 0 heterocycles. The fourth-order valence-corrected chi connectivity index (χ4v) is 1.81. The Morgan fingerprint density at radius 1 is 0.864 bits per heavy atom. The molecular weight excluding hydrogens is 268 g/mol. The molecule has 0 amide bonds. The van der Waals surface area contributed by atoms with Crippen molar-refractivity contribution in [3.63, 3.8) is 0 Å². The minimum atomic E-state index is 0.0208. The number of aliphatic imine (C=N–C) groups is 2. The molecule has 0 radical (unpaired) electrons.